The van der Waals surface area contributed by atoms with E-state index < -0.39 is 6.23 Å². The fourth-order valence-electron chi connectivity index (χ4n) is 2.03. The summed E-state index contributed by atoms with van der Waals surface area (Å²) in [5.74, 6) is 0. The summed E-state index contributed by atoms with van der Waals surface area (Å²) in [5.41, 5.74) is 2.75. The van der Waals surface area contributed by atoms with Crippen molar-refractivity contribution >= 4 is 22.6 Å². The monoisotopic (exact) mass is 294 g/mol. The molecule has 19 heavy (non-hydrogen) atoms. The number of aliphatic hydroxyl groups excluding tert-OH is 1. The van der Waals surface area contributed by atoms with Crippen LogP contribution in [0, 0.1) is 0 Å². The molecule has 0 fully saturated rings. The van der Waals surface area contributed by atoms with Gasteiger partial charge in [-0.05, 0) is 24.3 Å². The van der Waals surface area contributed by atoms with E-state index in [-0.39, 0.29) is 12.4 Å². The normalized spacial score (nSPS) is 12.1. The molecule has 3 rings (SSSR count). The van der Waals surface area contributed by atoms with Crippen molar-refractivity contribution < 1.29 is 22.1 Å². The Morgan fingerprint density at radius 3 is 2.47 bits per heavy atom. The lowest BCUT2D eigenvalue weighted by Crippen LogP contribution is -3.00. The fraction of sp³-hybridized carbons (Fsp3) is 0.0714. The largest absolute Gasteiger partial charge is 1.00 e. The number of para-hydroxylation sites is 2. The number of nitrogens with zero attached hydrogens (tertiary/aromatic N) is 1. The number of fused-ring (bicyclic) bond motifs is 1. The van der Waals surface area contributed by atoms with Crippen LogP contribution in [0.25, 0.3) is 11.0 Å². The number of hydrogen-bond acceptors (Lipinski definition) is 1. The zero-order chi connectivity index (χ0) is 12.5. The molecule has 1 aromatic heterocycles. The summed E-state index contributed by atoms with van der Waals surface area (Å²) < 4.78 is 1.79. The van der Waals surface area contributed by atoms with Crippen molar-refractivity contribution in [2.24, 2.45) is 0 Å². The number of hydrogen-bond donors (Lipinski definition) is 2. The van der Waals surface area contributed by atoms with Crippen molar-refractivity contribution in [2.45, 2.75) is 6.23 Å². The van der Waals surface area contributed by atoms with Crippen LogP contribution in [0.5, 0.6) is 0 Å². The van der Waals surface area contributed by atoms with Crippen LogP contribution in [-0.4, -0.2) is 10.1 Å². The first kappa shape index (κ1) is 13.9. The zero-order valence-electron chi connectivity index (χ0n) is 9.92. The van der Waals surface area contributed by atoms with Gasteiger partial charge in [-0.2, -0.15) is 4.57 Å². The van der Waals surface area contributed by atoms with Gasteiger partial charge < -0.3 is 17.5 Å². The first-order chi connectivity index (χ1) is 8.75. The first-order valence-corrected chi connectivity index (χ1v) is 6.04. The lowest BCUT2D eigenvalue weighted by molar-refractivity contribution is -0.726. The Kier molecular flexibility index (Phi) is 4.10. The third-order valence-electron chi connectivity index (χ3n) is 2.97. The van der Waals surface area contributed by atoms with E-state index in [1.807, 2.05) is 36.4 Å². The van der Waals surface area contributed by atoms with E-state index in [9.17, 15) is 5.11 Å². The highest BCUT2D eigenvalue weighted by Crippen LogP contribution is 2.16. The van der Waals surface area contributed by atoms with Crippen molar-refractivity contribution in [3.05, 3.63) is 65.4 Å². The Bertz CT molecular complexity index is 679. The average Bonchev–Trinajstić information content (AvgIpc) is 2.82. The Morgan fingerprint density at radius 2 is 1.74 bits per heavy atom. The lowest BCUT2D eigenvalue weighted by Gasteiger charge is -2.08. The number of H-pyrrole nitrogens is 1. The molecule has 1 atom stereocenters. The summed E-state index contributed by atoms with van der Waals surface area (Å²) in [5, 5.41) is 11.0. The van der Waals surface area contributed by atoms with Gasteiger partial charge in [0.25, 0.3) is 0 Å². The molecule has 0 aliphatic carbocycles. The second kappa shape index (κ2) is 5.61. The number of rotatable bonds is 2. The van der Waals surface area contributed by atoms with E-state index in [0.717, 1.165) is 16.6 Å². The number of aliphatic hydroxyl groups is 1. The molecule has 0 aliphatic rings. The quantitative estimate of drug-likeness (QED) is 0.624. The Labute approximate surface area is 121 Å². The molecule has 5 heteroatoms. The average molecular weight is 295 g/mol. The van der Waals surface area contributed by atoms with Crippen molar-refractivity contribution in [2.75, 3.05) is 0 Å². The van der Waals surface area contributed by atoms with Gasteiger partial charge in [0, 0.05) is 10.6 Å². The summed E-state index contributed by atoms with van der Waals surface area (Å²) in [7, 11) is 0. The van der Waals surface area contributed by atoms with Crippen LogP contribution in [0.15, 0.2) is 54.9 Å². The molecule has 0 bridgehead atoms. The van der Waals surface area contributed by atoms with Crippen molar-refractivity contribution in [1.82, 2.24) is 4.98 Å². The standard InChI is InChI=1S/C14H11ClN2O.ClH/c15-11-7-5-10(6-8-11)14(18)17-9-16-12-3-1-2-4-13(12)17;/h1-9,14,18H;1H. The molecular weight excluding hydrogens is 283 g/mol. The lowest BCUT2D eigenvalue weighted by atomic mass is 10.2. The third-order valence-corrected chi connectivity index (χ3v) is 3.22. The van der Waals surface area contributed by atoms with Gasteiger partial charge in [-0.3, -0.25) is 0 Å². The highest BCUT2D eigenvalue weighted by atomic mass is 35.5. The maximum Gasteiger partial charge on any atom is 0.244 e. The van der Waals surface area contributed by atoms with Gasteiger partial charge in [-0.25, -0.2) is 4.98 Å². The molecule has 0 aliphatic heterocycles. The van der Waals surface area contributed by atoms with Crippen molar-refractivity contribution in [3.63, 3.8) is 0 Å². The van der Waals surface area contributed by atoms with Crippen LogP contribution in [0.3, 0.4) is 0 Å². The third kappa shape index (κ3) is 2.59. The number of aromatic nitrogens is 2. The zero-order valence-corrected chi connectivity index (χ0v) is 11.4. The minimum Gasteiger partial charge on any atom is -1.00 e. The second-order valence-electron chi connectivity index (χ2n) is 4.12. The summed E-state index contributed by atoms with van der Waals surface area (Å²) in [6.07, 6.45) is 1.04. The molecule has 0 spiro atoms. The molecule has 1 heterocycles. The van der Waals surface area contributed by atoms with E-state index in [1.54, 1.807) is 23.0 Å². The molecule has 0 saturated carbocycles. The molecule has 98 valence electrons. The SMILES string of the molecule is OC(c1ccc(Cl)cc1)[n+]1c[nH]c2ccccc21.[Cl-]. The van der Waals surface area contributed by atoms with E-state index in [1.165, 1.54) is 0 Å². The molecule has 0 saturated heterocycles. The first-order valence-electron chi connectivity index (χ1n) is 5.66. The molecule has 0 amide bonds. The van der Waals surface area contributed by atoms with E-state index in [2.05, 4.69) is 4.98 Å². The van der Waals surface area contributed by atoms with Gasteiger partial charge in [0.05, 0.1) is 0 Å². The van der Waals surface area contributed by atoms with Gasteiger partial charge in [0.2, 0.25) is 12.6 Å². The molecule has 0 radical (unpaired) electrons. The minimum atomic E-state index is -0.724. The van der Waals surface area contributed by atoms with Gasteiger partial charge in [0.1, 0.15) is 0 Å². The Balaban J connectivity index is 0.00000133. The predicted molar refractivity (Wildman–Crippen MR) is 70.3 cm³/mol. The van der Waals surface area contributed by atoms with Gasteiger partial charge in [-0.15, -0.1) is 0 Å². The Morgan fingerprint density at radius 1 is 1.05 bits per heavy atom. The maximum atomic E-state index is 10.4. The summed E-state index contributed by atoms with van der Waals surface area (Å²) in [6.45, 7) is 0. The topological polar surface area (TPSA) is 39.9 Å². The number of halogens is 2. The van der Waals surface area contributed by atoms with E-state index in [4.69, 9.17) is 11.6 Å². The van der Waals surface area contributed by atoms with Gasteiger partial charge in [0.15, 0.2) is 11.0 Å². The highest BCUT2D eigenvalue weighted by Gasteiger charge is 2.18. The van der Waals surface area contributed by atoms with Crippen LogP contribution in [0.2, 0.25) is 5.02 Å². The smallest absolute Gasteiger partial charge is 0.244 e. The van der Waals surface area contributed by atoms with Gasteiger partial charge >= 0.3 is 0 Å². The molecular formula is C14H12Cl2N2O. The number of imidazole rings is 1. The van der Waals surface area contributed by atoms with E-state index in [0.29, 0.717) is 5.02 Å². The van der Waals surface area contributed by atoms with Crippen molar-refractivity contribution in [1.29, 1.82) is 0 Å². The second-order valence-corrected chi connectivity index (χ2v) is 4.56. The van der Waals surface area contributed by atoms with Crippen molar-refractivity contribution in [3.8, 4) is 0 Å². The minimum absolute atomic E-state index is 0. The highest BCUT2D eigenvalue weighted by molar-refractivity contribution is 6.30. The molecule has 3 nitrogen and oxygen atoms in total. The van der Waals surface area contributed by atoms with E-state index >= 15 is 0 Å². The van der Waals surface area contributed by atoms with Crippen LogP contribution in [0.1, 0.15) is 11.8 Å². The maximum absolute atomic E-state index is 10.4. The number of benzene rings is 2. The molecule has 2 N–H and O–H groups in total. The summed E-state index contributed by atoms with van der Waals surface area (Å²) in [4.78, 5) is 3.13. The van der Waals surface area contributed by atoms with Crippen LogP contribution in [-0.2, 0) is 0 Å². The predicted octanol–water partition coefficient (Wildman–Crippen LogP) is -0.348. The fourth-order valence-corrected chi connectivity index (χ4v) is 2.15. The van der Waals surface area contributed by atoms with Crippen LogP contribution in [0.4, 0.5) is 0 Å². The summed E-state index contributed by atoms with van der Waals surface area (Å²) >= 11 is 5.84. The van der Waals surface area contributed by atoms with Crippen LogP contribution >= 0.6 is 11.6 Å². The number of aromatic amines is 1. The molecule has 2 aromatic carbocycles. The Hall–Kier alpha value is -1.55. The summed E-state index contributed by atoms with van der Waals surface area (Å²) in [6, 6.07) is 15.0. The molecule has 3 aromatic rings. The number of nitrogens with one attached hydrogen (secondary N) is 1. The van der Waals surface area contributed by atoms with Gasteiger partial charge in [-0.1, -0.05) is 35.9 Å². The van der Waals surface area contributed by atoms with Crippen LogP contribution < -0.4 is 17.0 Å². The molecule has 1 unspecified atom stereocenters.